The molecule has 0 bridgehead atoms. The molecule has 1 amide bonds. The second kappa shape index (κ2) is 5.26. The summed E-state index contributed by atoms with van der Waals surface area (Å²) in [6.07, 6.45) is 0. The van der Waals surface area contributed by atoms with Crippen molar-refractivity contribution < 1.29 is 9.32 Å². The molecule has 0 aliphatic rings. The molecule has 4 nitrogen and oxygen atoms in total. The highest BCUT2D eigenvalue weighted by Gasteiger charge is 2.19. The fourth-order valence-electron chi connectivity index (χ4n) is 2.23. The van der Waals surface area contributed by atoms with Crippen LogP contribution in [0.1, 0.15) is 45.9 Å². The Hall–Kier alpha value is -2.10. The first kappa shape index (κ1) is 13.3. The highest BCUT2D eigenvalue weighted by Crippen LogP contribution is 2.19. The Kier molecular flexibility index (Phi) is 3.69. The summed E-state index contributed by atoms with van der Waals surface area (Å²) in [6, 6.07) is 7.96. The van der Waals surface area contributed by atoms with Gasteiger partial charge in [0.2, 0.25) is 0 Å². The molecule has 0 spiro atoms. The molecule has 0 aliphatic carbocycles. The SMILES string of the molecule is Cc1ccccc1C(C)NC(=O)c1c(C)noc1C. The highest BCUT2D eigenvalue weighted by molar-refractivity contribution is 5.96. The molecule has 0 fully saturated rings. The molecule has 19 heavy (non-hydrogen) atoms. The number of carbonyl (C=O) groups is 1. The Morgan fingerprint density at radius 3 is 2.53 bits per heavy atom. The van der Waals surface area contributed by atoms with E-state index in [0.717, 1.165) is 11.1 Å². The summed E-state index contributed by atoms with van der Waals surface area (Å²) in [4.78, 5) is 12.2. The number of aryl methyl sites for hydroxylation is 3. The third-order valence-corrected chi connectivity index (χ3v) is 3.26. The van der Waals surface area contributed by atoms with Crippen LogP contribution in [0.3, 0.4) is 0 Å². The zero-order valence-corrected chi connectivity index (χ0v) is 11.7. The first-order valence-corrected chi connectivity index (χ1v) is 6.30. The van der Waals surface area contributed by atoms with E-state index in [1.807, 2.05) is 38.1 Å². The van der Waals surface area contributed by atoms with Crippen LogP contribution < -0.4 is 5.32 Å². The maximum absolute atomic E-state index is 12.2. The summed E-state index contributed by atoms with van der Waals surface area (Å²) in [7, 11) is 0. The van der Waals surface area contributed by atoms with Crippen LogP contribution in [-0.2, 0) is 0 Å². The van der Waals surface area contributed by atoms with Crippen LogP contribution in [-0.4, -0.2) is 11.1 Å². The average molecular weight is 258 g/mol. The maximum atomic E-state index is 12.2. The molecule has 0 aliphatic heterocycles. The van der Waals surface area contributed by atoms with Crippen molar-refractivity contribution >= 4 is 5.91 Å². The average Bonchev–Trinajstić information content (AvgIpc) is 2.69. The van der Waals surface area contributed by atoms with Gasteiger partial charge in [-0.1, -0.05) is 29.4 Å². The quantitative estimate of drug-likeness (QED) is 0.920. The number of hydrogen-bond donors (Lipinski definition) is 1. The van der Waals surface area contributed by atoms with Crippen LogP contribution in [0.15, 0.2) is 28.8 Å². The fraction of sp³-hybridized carbons (Fsp3) is 0.333. The molecule has 1 unspecified atom stereocenters. The minimum atomic E-state index is -0.146. The van der Waals surface area contributed by atoms with Crippen LogP contribution in [0.2, 0.25) is 0 Å². The van der Waals surface area contributed by atoms with E-state index < -0.39 is 0 Å². The van der Waals surface area contributed by atoms with Crippen LogP contribution in [0.25, 0.3) is 0 Å². The summed E-state index contributed by atoms with van der Waals surface area (Å²) in [5.41, 5.74) is 3.42. The molecule has 2 rings (SSSR count). The predicted molar refractivity (Wildman–Crippen MR) is 73.0 cm³/mol. The Labute approximate surface area is 112 Å². The van der Waals surface area contributed by atoms with E-state index in [2.05, 4.69) is 10.5 Å². The normalized spacial score (nSPS) is 12.2. The Morgan fingerprint density at radius 1 is 1.26 bits per heavy atom. The third-order valence-electron chi connectivity index (χ3n) is 3.26. The Bertz CT molecular complexity index is 582. The van der Waals surface area contributed by atoms with Gasteiger partial charge in [-0.05, 0) is 38.8 Å². The van der Waals surface area contributed by atoms with E-state index in [9.17, 15) is 4.79 Å². The molecule has 0 radical (unpaired) electrons. The Balaban J connectivity index is 2.18. The third kappa shape index (κ3) is 2.67. The topological polar surface area (TPSA) is 55.1 Å². The minimum absolute atomic E-state index is 0.0533. The van der Waals surface area contributed by atoms with Gasteiger partial charge in [0.25, 0.3) is 5.91 Å². The van der Waals surface area contributed by atoms with Gasteiger partial charge >= 0.3 is 0 Å². The number of benzene rings is 1. The van der Waals surface area contributed by atoms with Gasteiger partial charge < -0.3 is 9.84 Å². The second-order valence-corrected chi connectivity index (χ2v) is 4.75. The van der Waals surface area contributed by atoms with Gasteiger partial charge in [0.15, 0.2) is 0 Å². The molecule has 2 aromatic rings. The number of aromatic nitrogens is 1. The summed E-state index contributed by atoms with van der Waals surface area (Å²) in [5, 5.41) is 6.78. The van der Waals surface area contributed by atoms with E-state index in [-0.39, 0.29) is 11.9 Å². The van der Waals surface area contributed by atoms with E-state index >= 15 is 0 Å². The zero-order chi connectivity index (χ0) is 14.0. The fourth-order valence-corrected chi connectivity index (χ4v) is 2.23. The van der Waals surface area contributed by atoms with Crippen LogP contribution in [0.5, 0.6) is 0 Å². The van der Waals surface area contributed by atoms with Crippen molar-refractivity contribution in [3.63, 3.8) is 0 Å². The Morgan fingerprint density at radius 2 is 1.95 bits per heavy atom. The molecule has 100 valence electrons. The summed E-state index contributed by atoms with van der Waals surface area (Å²) < 4.78 is 5.02. The molecule has 1 atom stereocenters. The lowest BCUT2D eigenvalue weighted by Crippen LogP contribution is -2.27. The van der Waals surface area contributed by atoms with E-state index in [1.165, 1.54) is 0 Å². The zero-order valence-electron chi connectivity index (χ0n) is 11.7. The number of nitrogens with zero attached hydrogens (tertiary/aromatic N) is 1. The molecule has 0 saturated carbocycles. The van der Waals surface area contributed by atoms with Crippen molar-refractivity contribution in [2.24, 2.45) is 0 Å². The van der Waals surface area contributed by atoms with Crippen molar-refractivity contribution in [2.45, 2.75) is 33.7 Å². The lowest BCUT2D eigenvalue weighted by atomic mass is 10.0. The van der Waals surface area contributed by atoms with Crippen LogP contribution in [0, 0.1) is 20.8 Å². The van der Waals surface area contributed by atoms with E-state index in [0.29, 0.717) is 17.0 Å². The minimum Gasteiger partial charge on any atom is -0.361 e. The smallest absolute Gasteiger partial charge is 0.257 e. The molecule has 1 aromatic heterocycles. The van der Waals surface area contributed by atoms with Gasteiger partial charge in [0.05, 0.1) is 11.7 Å². The largest absolute Gasteiger partial charge is 0.361 e. The van der Waals surface area contributed by atoms with Gasteiger partial charge in [-0.3, -0.25) is 4.79 Å². The molecule has 1 heterocycles. The maximum Gasteiger partial charge on any atom is 0.257 e. The van der Waals surface area contributed by atoms with Gasteiger partial charge in [-0.15, -0.1) is 0 Å². The van der Waals surface area contributed by atoms with E-state index in [4.69, 9.17) is 4.52 Å². The number of hydrogen-bond acceptors (Lipinski definition) is 3. The number of carbonyl (C=O) groups excluding carboxylic acids is 1. The van der Waals surface area contributed by atoms with Gasteiger partial charge in [0, 0.05) is 0 Å². The van der Waals surface area contributed by atoms with Crippen molar-refractivity contribution in [3.8, 4) is 0 Å². The van der Waals surface area contributed by atoms with Gasteiger partial charge in [0.1, 0.15) is 11.3 Å². The molecule has 0 saturated heterocycles. The number of nitrogens with one attached hydrogen (secondary N) is 1. The van der Waals surface area contributed by atoms with Crippen molar-refractivity contribution in [3.05, 3.63) is 52.4 Å². The van der Waals surface area contributed by atoms with E-state index in [1.54, 1.807) is 13.8 Å². The summed E-state index contributed by atoms with van der Waals surface area (Å²) in [5.74, 6) is 0.402. The van der Waals surface area contributed by atoms with Crippen molar-refractivity contribution in [1.29, 1.82) is 0 Å². The molecule has 1 N–H and O–H groups in total. The lowest BCUT2D eigenvalue weighted by Gasteiger charge is -2.16. The summed E-state index contributed by atoms with van der Waals surface area (Å²) >= 11 is 0. The molecule has 4 heteroatoms. The molecule has 1 aromatic carbocycles. The summed E-state index contributed by atoms with van der Waals surface area (Å²) in [6.45, 7) is 7.52. The van der Waals surface area contributed by atoms with Crippen LogP contribution >= 0.6 is 0 Å². The van der Waals surface area contributed by atoms with Crippen molar-refractivity contribution in [2.75, 3.05) is 0 Å². The van der Waals surface area contributed by atoms with Crippen molar-refractivity contribution in [1.82, 2.24) is 10.5 Å². The second-order valence-electron chi connectivity index (χ2n) is 4.75. The first-order chi connectivity index (χ1) is 9.00. The number of rotatable bonds is 3. The monoisotopic (exact) mass is 258 g/mol. The number of amides is 1. The first-order valence-electron chi connectivity index (χ1n) is 6.30. The standard InChI is InChI=1S/C15H18N2O2/c1-9-7-5-6-8-13(9)10(2)16-15(18)14-11(3)17-19-12(14)4/h5-8,10H,1-4H3,(H,16,18). The lowest BCUT2D eigenvalue weighted by molar-refractivity contribution is 0.0938. The predicted octanol–water partition coefficient (Wildman–Crippen LogP) is 3.09. The molecular formula is C15H18N2O2. The van der Waals surface area contributed by atoms with Gasteiger partial charge in [-0.25, -0.2) is 0 Å². The van der Waals surface area contributed by atoms with Gasteiger partial charge in [-0.2, -0.15) is 0 Å². The van der Waals surface area contributed by atoms with Crippen LogP contribution in [0.4, 0.5) is 0 Å². The molecular weight excluding hydrogens is 240 g/mol. The highest BCUT2D eigenvalue weighted by atomic mass is 16.5.